The summed E-state index contributed by atoms with van der Waals surface area (Å²) in [6.07, 6.45) is 1.72. The van der Waals surface area contributed by atoms with Crippen LogP contribution in [-0.2, 0) is 4.79 Å². The zero-order valence-electron chi connectivity index (χ0n) is 13.8. The van der Waals surface area contributed by atoms with Crippen molar-refractivity contribution in [1.82, 2.24) is 4.90 Å². The molecule has 2 aliphatic rings. The Labute approximate surface area is 159 Å². The average Bonchev–Trinajstić information content (AvgIpc) is 3.21. The lowest BCUT2D eigenvalue weighted by atomic mass is 10.2. The van der Waals surface area contributed by atoms with Crippen LogP contribution in [0.4, 0.5) is 11.4 Å². The third-order valence-electron chi connectivity index (χ3n) is 4.63. The number of benzene rings is 2. The van der Waals surface area contributed by atoms with E-state index in [1.807, 2.05) is 35.2 Å². The molecule has 0 bridgehead atoms. The van der Waals surface area contributed by atoms with Gasteiger partial charge in [0.25, 0.3) is 5.91 Å². The third kappa shape index (κ3) is 2.63. The number of nitrogens with zero attached hydrogens (tertiary/aromatic N) is 4. The minimum Gasteiger partial charge on any atom is -0.506 e. The fourth-order valence-electron chi connectivity index (χ4n) is 3.41. The molecule has 0 saturated carbocycles. The van der Waals surface area contributed by atoms with Crippen LogP contribution in [0.25, 0.3) is 0 Å². The minimum atomic E-state index is -0.221. The molecule has 2 heterocycles. The highest BCUT2D eigenvalue weighted by Gasteiger charge is 2.47. The number of carbonyl (C=O) groups excluding carboxylic acids is 1. The van der Waals surface area contributed by atoms with Gasteiger partial charge >= 0.3 is 0 Å². The van der Waals surface area contributed by atoms with Crippen molar-refractivity contribution in [3.05, 3.63) is 52.5 Å². The van der Waals surface area contributed by atoms with Crippen molar-refractivity contribution in [3.8, 4) is 11.8 Å². The molecule has 4 rings (SSSR count). The van der Waals surface area contributed by atoms with Crippen molar-refractivity contribution in [2.24, 2.45) is 4.99 Å². The van der Waals surface area contributed by atoms with E-state index in [1.54, 1.807) is 17.0 Å². The molecule has 2 aromatic rings. The van der Waals surface area contributed by atoms with Gasteiger partial charge in [0, 0.05) is 11.0 Å². The highest BCUT2D eigenvalue weighted by molar-refractivity contribution is 9.10. The van der Waals surface area contributed by atoms with E-state index in [1.165, 1.54) is 6.07 Å². The average molecular weight is 411 g/mol. The lowest BCUT2D eigenvalue weighted by Gasteiger charge is -2.21. The van der Waals surface area contributed by atoms with Crippen LogP contribution in [0.1, 0.15) is 18.4 Å². The first-order valence-corrected chi connectivity index (χ1v) is 9.06. The largest absolute Gasteiger partial charge is 0.506 e. The number of phenolic OH excluding ortho intramolecular Hbond substituents is 1. The van der Waals surface area contributed by atoms with Crippen LogP contribution >= 0.6 is 15.9 Å². The summed E-state index contributed by atoms with van der Waals surface area (Å²) in [5.41, 5.74) is 1.41. The number of hydrogen-bond donors (Lipinski definition) is 1. The Morgan fingerprint density at radius 3 is 2.81 bits per heavy atom. The number of hydrogen-bond acceptors (Lipinski definition) is 4. The predicted molar refractivity (Wildman–Crippen MR) is 101 cm³/mol. The van der Waals surface area contributed by atoms with Gasteiger partial charge in [-0.3, -0.25) is 4.79 Å². The Kier molecular flexibility index (Phi) is 4.13. The monoisotopic (exact) mass is 410 g/mol. The Hall–Kier alpha value is -2.85. The van der Waals surface area contributed by atoms with Crippen LogP contribution in [0.3, 0.4) is 0 Å². The molecule has 2 aromatic carbocycles. The molecule has 2 saturated heterocycles. The van der Waals surface area contributed by atoms with E-state index in [2.05, 4.69) is 20.9 Å². The number of guanidine groups is 1. The molecule has 0 aromatic heterocycles. The van der Waals surface area contributed by atoms with Gasteiger partial charge in [0.2, 0.25) is 5.96 Å². The van der Waals surface area contributed by atoms with E-state index in [4.69, 9.17) is 5.26 Å². The molecule has 2 fully saturated rings. The quantitative estimate of drug-likeness (QED) is 0.820. The summed E-state index contributed by atoms with van der Waals surface area (Å²) in [6.45, 7) is 0.743. The zero-order valence-corrected chi connectivity index (χ0v) is 15.3. The summed E-state index contributed by atoms with van der Waals surface area (Å²) in [4.78, 5) is 21.2. The molecule has 7 heteroatoms. The number of nitriles is 1. The van der Waals surface area contributed by atoms with E-state index in [-0.39, 0.29) is 17.7 Å². The van der Waals surface area contributed by atoms with Gasteiger partial charge in [0.05, 0.1) is 17.3 Å². The predicted octanol–water partition coefficient (Wildman–Crippen LogP) is 3.53. The van der Waals surface area contributed by atoms with Crippen molar-refractivity contribution < 1.29 is 9.90 Å². The maximum absolute atomic E-state index is 13.0. The Balaban J connectivity index is 1.84. The molecule has 6 nitrogen and oxygen atoms in total. The summed E-state index contributed by atoms with van der Waals surface area (Å²) < 4.78 is 0.797. The van der Waals surface area contributed by atoms with Crippen LogP contribution in [0.15, 0.2) is 51.9 Å². The maximum atomic E-state index is 13.0. The van der Waals surface area contributed by atoms with E-state index >= 15 is 0 Å². The summed E-state index contributed by atoms with van der Waals surface area (Å²) in [5, 5.41) is 19.2. The van der Waals surface area contributed by atoms with Gasteiger partial charge < -0.3 is 10.0 Å². The highest BCUT2D eigenvalue weighted by atomic mass is 79.9. The zero-order chi connectivity index (χ0) is 18.3. The smallest absolute Gasteiger partial charge is 0.256 e. The molecule has 1 N–H and O–H groups in total. The van der Waals surface area contributed by atoms with Gasteiger partial charge in [-0.25, -0.2) is 9.89 Å². The van der Waals surface area contributed by atoms with Gasteiger partial charge in [-0.2, -0.15) is 5.26 Å². The lowest BCUT2D eigenvalue weighted by Crippen LogP contribution is -2.34. The molecular weight excluding hydrogens is 396 g/mol. The second-order valence-corrected chi connectivity index (χ2v) is 7.06. The standard InChI is InChI=1S/C19H15BrN4O2/c20-13-4-1-2-5-15(13)24-18(26)16-6-3-9-23(16)19(24)22-14-8-7-12(11-21)10-17(14)25/h1-2,4-5,7-8,10,16,25H,3,6,9H2/b22-19+/t16-/m0/s1. The molecule has 2 aliphatic heterocycles. The van der Waals surface area contributed by atoms with Crippen molar-refractivity contribution in [2.45, 2.75) is 18.9 Å². The topological polar surface area (TPSA) is 79.9 Å². The number of fused-ring (bicyclic) bond motifs is 1. The number of aromatic hydroxyl groups is 1. The van der Waals surface area contributed by atoms with Crippen LogP contribution in [-0.4, -0.2) is 34.5 Å². The highest BCUT2D eigenvalue weighted by Crippen LogP contribution is 2.37. The Morgan fingerprint density at radius 2 is 2.08 bits per heavy atom. The van der Waals surface area contributed by atoms with Crippen molar-refractivity contribution in [2.75, 3.05) is 11.4 Å². The molecule has 26 heavy (non-hydrogen) atoms. The number of amides is 1. The molecule has 130 valence electrons. The molecule has 0 radical (unpaired) electrons. The summed E-state index contributed by atoms with van der Waals surface area (Å²) >= 11 is 3.51. The normalized spacial score (nSPS) is 20.5. The molecular formula is C19H15BrN4O2. The Morgan fingerprint density at radius 1 is 1.27 bits per heavy atom. The van der Waals surface area contributed by atoms with Gasteiger partial charge in [-0.15, -0.1) is 0 Å². The number of para-hydroxylation sites is 1. The van der Waals surface area contributed by atoms with Crippen molar-refractivity contribution in [1.29, 1.82) is 5.26 Å². The Bertz CT molecular complexity index is 966. The first-order valence-electron chi connectivity index (χ1n) is 8.27. The number of phenols is 1. The van der Waals surface area contributed by atoms with Crippen LogP contribution in [0.5, 0.6) is 5.75 Å². The van der Waals surface area contributed by atoms with Gasteiger partial charge in [0.15, 0.2) is 0 Å². The fourth-order valence-corrected chi connectivity index (χ4v) is 3.87. The van der Waals surface area contributed by atoms with E-state index in [0.717, 1.165) is 29.5 Å². The second-order valence-electron chi connectivity index (χ2n) is 6.20. The van der Waals surface area contributed by atoms with Crippen LogP contribution in [0, 0.1) is 11.3 Å². The van der Waals surface area contributed by atoms with Crippen molar-refractivity contribution in [3.63, 3.8) is 0 Å². The number of rotatable bonds is 2. The summed E-state index contributed by atoms with van der Waals surface area (Å²) in [7, 11) is 0. The SMILES string of the molecule is N#Cc1ccc(/N=C2/N(c3ccccc3Br)C(=O)[C@@H]3CCCN23)c(O)c1. The van der Waals surface area contributed by atoms with Crippen LogP contribution < -0.4 is 4.90 Å². The summed E-state index contributed by atoms with van der Waals surface area (Å²) in [6, 6.07) is 13.8. The van der Waals surface area contributed by atoms with E-state index in [9.17, 15) is 9.90 Å². The minimum absolute atomic E-state index is 0.0127. The number of aliphatic imine (C=N–C) groups is 1. The molecule has 1 amide bonds. The number of carbonyl (C=O) groups is 1. The van der Waals surface area contributed by atoms with E-state index < -0.39 is 0 Å². The fraction of sp³-hybridized carbons (Fsp3) is 0.211. The van der Waals surface area contributed by atoms with Gasteiger partial charge in [-0.1, -0.05) is 12.1 Å². The molecule has 0 aliphatic carbocycles. The summed E-state index contributed by atoms with van der Waals surface area (Å²) in [5.74, 6) is 0.407. The van der Waals surface area contributed by atoms with Gasteiger partial charge in [0.1, 0.15) is 17.5 Å². The molecule has 0 unspecified atom stereocenters. The number of halogens is 1. The van der Waals surface area contributed by atoms with Gasteiger partial charge in [-0.05, 0) is 59.1 Å². The van der Waals surface area contributed by atoms with Crippen LogP contribution in [0.2, 0.25) is 0 Å². The second kappa shape index (κ2) is 6.46. The first-order chi connectivity index (χ1) is 12.6. The molecule has 1 atom stereocenters. The van der Waals surface area contributed by atoms with E-state index in [0.29, 0.717) is 17.2 Å². The van der Waals surface area contributed by atoms with Crippen molar-refractivity contribution >= 4 is 39.2 Å². The molecule has 0 spiro atoms. The third-order valence-corrected chi connectivity index (χ3v) is 5.30. The maximum Gasteiger partial charge on any atom is 0.256 e. The lowest BCUT2D eigenvalue weighted by molar-refractivity contribution is -0.119. The first kappa shape index (κ1) is 16.6. The number of anilines is 1.